The molecule has 2 aromatic rings. The highest BCUT2D eigenvalue weighted by molar-refractivity contribution is 6.32. The van der Waals surface area contributed by atoms with Crippen molar-refractivity contribution in [1.29, 1.82) is 0 Å². The normalized spacial score (nSPS) is 11.5. The van der Waals surface area contributed by atoms with Crippen LogP contribution in [0, 0.1) is 0 Å². The number of nitrogens with one attached hydrogen (secondary N) is 1. The summed E-state index contributed by atoms with van der Waals surface area (Å²) in [5, 5.41) is 2.70. The Morgan fingerprint density at radius 3 is 2.58 bits per heavy atom. The first-order chi connectivity index (χ1) is 11.3. The van der Waals surface area contributed by atoms with Crippen molar-refractivity contribution in [2.75, 3.05) is 12.4 Å². The second kappa shape index (κ2) is 7.40. The zero-order chi connectivity index (χ0) is 17.7. The van der Waals surface area contributed by atoms with Gasteiger partial charge in [0, 0.05) is 11.1 Å². The van der Waals surface area contributed by atoms with E-state index < -0.39 is 17.6 Å². The lowest BCUT2D eigenvalue weighted by molar-refractivity contribution is -0.137. The smallest absolute Gasteiger partial charge is 0.416 e. The Hall–Kier alpha value is -2.47. The maximum absolute atomic E-state index is 12.7. The summed E-state index contributed by atoms with van der Waals surface area (Å²) in [4.78, 5) is 11.9. The van der Waals surface area contributed by atoms with Crippen LogP contribution in [0.2, 0.25) is 5.02 Å². The van der Waals surface area contributed by atoms with E-state index in [1.807, 2.05) is 0 Å². The predicted octanol–water partition coefficient (Wildman–Crippen LogP) is 5.02. The van der Waals surface area contributed by atoms with Gasteiger partial charge in [0.25, 0.3) is 0 Å². The third-order valence-electron chi connectivity index (χ3n) is 3.10. The van der Waals surface area contributed by atoms with Gasteiger partial charge in [0.2, 0.25) is 5.91 Å². The average Bonchev–Trinajstić information content (AvgIpc) is 2.53. The third kappa shape index (κ3) is 4.52. The molecular weight excluding hydrogens is 343 g/mol. The molecule has 0 aliphatic carbocycles. The largest absolute Gasteiger partial charge is 0.495 e. The number of carbonyl (C=O) groups excluding carboxylic acids is 1. The van der Waals surface area contributed by atoms with E-state index in [1.165, 1.54) is 13.2 Å². The first-order valence-corrected chi connectivity index (χ1v) is 7.18. The molecule has 0 fully saturated rings. The molecule has 0 bridgehead atoms. The number of halogens is 4. The van der Waals surface area contributed by atoms with E-state index in [9.17, 15) is 18.0 Å². The van der Waals surface area contributed by atoms with Crippen LogP contribution in [0.15, 0.2) is 48.5 Å². The van der Waals surface area contributed by atoms with Gasteiger partial charge in [-0.1, -0.05) is 23.7 Å². The van der Waals surface area contributed by atoms with Crippen molar-refractivity contribution in [3.63, 3.8) is 0 Å². The third-order valence-corrected chi connectivity index (χ3v) is 3.45. The van der Waals surface area contributed by atoms with Gasteiger partial charge in [0.1, 0.15) is 5.75 Å². The summed E-state index contributed by atoms with van der Waals surface area (Å²) in [6, 6.07) is 9.68. The van der Waals surface area contributed by atoms with E-state index in [4.69, 9.17) is 16.3 Å². The van der Waals surface area contributed by atoms with Gasteiger partial charge < -0.3 is 10.1 Å². The highest BCUT2D eigenvalue weighted by Crippen LogP contribution is 2.32. The number of hydrogen-bond acceptors (Lipinski definition) is 2. The molecule has 2 aromatic carbocycles. The Labute approximate surface area is 141 Å². The van der Waals surface area contributed by atoms with Crippen LogP contribution in [0.3, 0.4) is 0 Å². The van der Waals surface area contributed by atoms with Gasteiger partial charge >= 0.3 is 6.18 Å². The Kier molecular flexibility index (Phi) is 5.51. The van der Waals surface area contributed by atoms with Crippen molar-refractivity contribution in [3.8, 4) is 5.75 Å². The fourth-order valence-electron chi connectivity index (χ4n) is 1.94. The summed E-state index contributed by atoms with van der Waals surface area (Å²) in [6.07, 6.45) is -2.15. The quantitative estimate of drug-likeness (QED) is 0.782. The molecule has 24 heavy (non-hydrogen) atoms. The maximum Gasteiger partial charge on any atom is 0.416 e. The second-order valence-electron chi connectivity index (χ2n) is 4.76. The monoisotopic (exact) mass is 355 g/mol. The van der Waals surface area contributed by atoms with Crippen molar-refractivity contribution in [2.24, 2.45) is 0 Å². The lowest BCUT2D eigenvalue weighted by Gasteiger charge is -2.09. The first-order valence-electron chi connectivity index (χ1n) is 6.80. The number of alkyl halides is 3. The summed E-state index contributed by atoms with van der Waals surface area (Å²) in [7, 11) is 1.46. The Bertz CT molecular complexity index is 773. The highest BCUT2D eigenvalue weighted by atomic mass is 35.5. The van der Waals surface area contributed by atoms with Crippen LogP contribution in [0.4, 0.5) is 18.9 Å². The van der Waals surface area contributed by atoms with Crippen molar-refractivity contribution in [3.05, 3.63) is 64.7 Å². The summed E-state index contributed by atoms with van der Waals surface area (Å²) >= 11 is 5.87. The minimum absolute atomic E-state index is 0.0988. The molecule has 0 heterocycles. The SMILES string of the molecule is COc1ccccc1NC(=O)/C=C/c1cc(C(F)(F)F)ccc1Cl. The number of amides is 1. The number of carbonyl (C=O) groups is 1. The van der Waals surface area contributed by atoms with Crippen molar-refractivity contribution < 1.29 is 22.7 Å². The molecule has 0 aliphatic rings. The summed E-state index contributed by atoms with van der Waals surface area (Å²) < 4.78 is 43.2. The van der Waals surface area contributed by atoms with E-state index in [2.05, 4.69) is 5.32 Å². The van der Waals surface area contributed by atoms with Crippen molar-refractivity contribution >= 4 is 29.3 Å². The molecule has 1 N–H and O–H groups in total. The van der Waals surface area contributed by atoms with Gasteiger partial charge in [-0.05, 0) is 42.0 Å². The molecule has 126 valence electrons. The van der Waals surface area contributed by atoms with Crippen LogP contribution >= 0.6 is 11.6 Å². The van der Waals surface area contributed by atoms with Gasteiger partial charge in [-0.25, -0.2) is 0 Å². The number of anilines is 1. The van der Waals surface area contributed by atoms with Crippen LogP contribution in [0.1, 0.15) is 11.1 Å². The van der Waals surface area contributed by atoms with E-state index in [-0.39, 0.29) is 10.6 Å². The van der Waals surface area contributed by atoms with E-state index in [0.29, 0.717) is 11.4 Å². The van der Waals surface area contributed by atoms with Crippen molar-refractivity contribution in [2.45, 2.75) is 6.18 Å². The molecule has 0 radical (unpaired) electrons. The maximum atomic E-state index is 12.7. The van der Waals surface area contributed by atoms with Gasteiger partial charge in [0.15, 0.2) is 0 Å². The van der Waals surface area contributed by atoms with Gasteiger partial charge in [-0.3, -0.25) is 4.79 Å². The fraction of sp³-hybridized carbons (Fsp3) is 0.118. The molecular formula is C17H13ClF3NO2. The molecule has 0 saturated heterocycles. The fourth-order valence-corrected chi connectivity index (χ4v) is 2.12. The molecule has 0 atom stereocenters. The van der Waals surface area contributed by atoms with Gasteiger partial charge in [-0.2, -0.15) is 13.2 Å². The van der Waals surface area contributed by atoms with E-state index >= 15 is 0 Å². The van der Waals surface area contributed by atoms with Crippen LogP contribution < -0.4 is 10.1 Å². The van der Waals surface area contributed by atoms with Crippen molar-refractivity contribution in [1.82, 2.24) is 0 Å². The molecule has 0 unspecified atom stereocenters. The van der Waals surface area contributed by atoms with Crippen LogP contribution in [0.25, 0.3) is 6.08 Å². The summed E-state index contributed by atoms with van der Waals surface area (Å²) in [5.74, 6) is -0.0515. The minimum Gasteiger partial charge on any atom is -0.495 e. The van der Waals surface area contributed by atoms with Crippen LogP contribution in [0.5, 0.6) is 5.75 Å². The number of para-hydroxylation sites is 2. The number of benzene rings is 2. The zero-order valence-electron chi connectivity index (χ0n) is 12.5. The zero-order valence-corrected chi connectivity index (χ0v) is 13.3. The summed E-state index contributed by atoms with van der Waals surface area (Å²) in [5.41, 5.74) is -0.289. The molecule has 1 amide bonds. The van der Waals surface area contributed by atoms with Crippen LogP contribution in [-0.4, -0.2) is 13.0 Å². The predicted molar refractivity (Wildman–Crippen MR) is 87.1 cm³/mol. The Morgan fingerprint density at radius 2 is 1.92 bits per heavy atom. The number of methoxy groups -OCH3 is 1. The standard InChI is InChI=1S/C17H13ClF3NO2/c1-24-15-5-3-2-4-14(15)22-16(23)9-6-11-10-12(17(19,20)21)7-8-13(11)18/h2-10H,1H3,(H,22,23)/b9-6+. The van der Waals surface area contributed by atoms with E-state index in [1.54, 1.807) is 24.3 Å². The molecule has 0 aromatic heterocycles. The number of ether oxygens (including phenoxy) is 1. The second-order valence-corrected chi connectivity index (χ2v) is 5.16. The van der Waals surface area contributed by atoms with E-state index in [0.717, 1.165) is 24.3 Å². The Morgan fingerprint density at radius 1 is 1.21 bits per heavy atom. The number of rotatable bonds is 4. The average molecular weight is 356 g/mol. The summed E-state index contributed by atoms with van der Waals surface area (Å²) in [6.45, 7) is 0. The number of hydrogen-bond donors (Lipinski definition) is 1. The van der Waals surface area contributed by atoms with Gasteiger partial charge in [-0.15, -0.1) is 0 Å². The van der Waals surface area contributed by atoms with Gasteiger partial charge in [0.05, 0.1) is 18.4 Å². The topological polar surface area (TPSA) is 38.3 Å². The lowest BCUT2D eigenvalue weighted by atomic mass is 10.1. The molecule has 0 aliphatic heterocycles. The molecule has 7 heteroatoms. The molecule has 0 saturated carbocycles. The lowest BCUT2D eigenvalue weighted by Crippen LogP contribution is -2.09. The minimum atomic E-state index is -4.48. The van der Waals surface area contributed by atoms with Crippen LogP contribution in [-0.2, 0) is 11.0 Å². The first kappa shape index (κ1) is 17.9. The molecule has 3 nitrogen and oxygen atoms in total. The molecule has 2 rings (SSSR count). The molecule has 0 spiro atoms. The Balaban J connectivity index is 2.17. The highest BCUT2D eigenvalue weighted by Gasteiger charge is 2.30.